The minimum Gasteiger partial charge on any atom is -0.456 e. The molecule has 38 heteroatoms. The van der Waals surface area contributed by atoms with Crippen LogP contribution in [-0.4, -0.2) is 334 Å². The number of esters is 8. The zero-order chi connectivity index (χ0) is 104. The van der Waals surface area contributed by atoms with E-state index in [-0.39, 0.29) is 67.6 Å². The number of benzene rings is 8. The number of piperazine rings is 1. The lowest BCUT2D eigenvalue weighted by Gasteiger charge is -2.23. The first-order chi connectivity index (χ1) is 70.5. The summed E-state index contributed by atoms with van der Waals surface area (Å²) in [6, 6.07) is 59.5. The molecule has 7 aliphatic heterocycles. The molecule has 8 aromatic rings. The smallest absolute Gasteiger partial charge is 0.339 e. The van der Waals surface area contributed by atoms with Crippen LogP contribution in [0.4, 0.5) is 0 Å². The maximum absolute atomic E-state index is 11.9. The molecular formula is C107H145I8N9O21+8. The number of nitrogens with one attached hydrogen (secondary N) is 9. The Morgan fingerprint density at radius 2 is 0.497 bits per heavy atom. The Kier molecular flexibility index (Phi) is 65.8. The van der Waals surface area contributed by atoms with Crippen LogP contribution in [0.1, 0.15) is 141 Å². The summed E-state index contributed by atoms with van der Waals surface area (Å²) in [5.41, 5.74) is 5.05. The van der Waals surface area contributed by atoms with E-state index in [2.05, 4.69) is 186 Å². The van der Waals surface area contributed by atoms with E-state index in [1.54, 1.807) is 57.2 Å². The highest BCUT2D eigenvalue weighted by molar-refractivity contribution is 14.1. The van der Waals surface area contributed by atoms with Crippen LogP contribution in [0, 0.1) is 28.6 Å². The lowest BCUT2D eigenvalue weighted by molar-refractivity contribution is -0.908. The van der Waals surface area contributed by atoms with Crippen molar-refractivity contribution < 1.29 is 140 Å². The molecule has 0 aromatic heterocycles. The van der Waals surface area contributed by atoms with E-state index in [1.165, 1.54) is 117 Å². The average Bonchev–Trinajstić information content (AvgIpc) is 0.863. The molecule has 0 amide bonds. The van der Waals surface area contributed by atoms with Gasteiger partial charge in [-0.2, -0.15) is 0 Å². The molecule has 0 unspecified atom stereocenters. The molecule has 0 aliphatic carbocycles. The first-order valence-electron chi connectivity index (χ1n) is 50.2. The minimum absolute atomic E-state index is 0.0560. The van der Waals surface area contributed by atoms with Crippen LogP contribution in [0.5, 0.6) is 0 Å². The molecular weight excluding hydrogens is 2760 g/mol. The molecule has 0 saturated carbocycles. The Bertz CT molecular complexity index is 4690. The van der Waals surface area contributed by atoms with Crippen molar-refractivity contribution in [2.75, 3.05) is 276 Å². The first-order valence-corrected chi connectivity index (χ1v) is 58.9. The van der Waals surface area contributed by atoms with Gasteiger partial charge >= 0.3 is 47.8 Å². The number of hydrogen-bond donors (Lipinski definition) is 11. The monoisotopic (exact) mass is 2910 g/mol. The summed E-state index contributed by atoms with van der Waals surface area (Å²) in [6.45, 7) is 34.4. The number of ether oxygens (including phenoxy) is 11. The molecule has 0 radical (unpaired) electrons. The van der Waals surface area contributed by atoms with Crippen LogP contribution in [0.15, 0.2) is 194 Å². The topological polar surface area (TPSA) is 326 Å². The number of likely N-dealkylation sites (tertiary alicyclic amines) is 3. The second kappa shape index (κ2) is 76.3. The number of morpholine rings is 3. The van der Waals surface area contributed by atoms with Crippen LogP contribution in [0.25, 0.3) is 0 Å². The van der Waals surface area contributed by atoms with Crippen LogP contribution in [0.3, 0.4) is 0 Å². The SMILES string of the molecule is O=C(OCC[NH+](CCO)CCO)c1ccc(I)cc1.O=C(OCC[NH+]1CCCCC1)c1ccc(I)cc1.O=C(OCC[NH+]1CCCCC1)c1cccc(I)c1.O=C(OCC[NH+]1CCCCC1)c1ccccc1I.O=C(OCC[NH+]1CCNCC1)c1ccccc1I.O=C(OCC[NH+]1CCOCC1)c1ccc(I)cc1.O=C(OCC[NH+]1CCOCC1)c1cccc(I)c1.O=C(OCC[NH+]1CCOCC1)c1ccccc1I. The maximum Gasteiger partial charge on any atom is 0.339 e. The fraction of sp³-hybridized carbons (Fsp3) is 0.477. The summed E-state index contributed by atoms with van der Waals surface area (Å²) in [7, 11) is 0. The molecule has 15 rings (SSSR count). The summed E-state index contributed by atoms with van der Waals surface area (Å²) >= 11 is 17.5. The molecule has 0 spiro atoms. The highest BCUT2D eigenvalue weighted by Gasteiger charge is 2.25. The Balaban J connectivity index is 0.000000202. The molecule has 0 bridgehead atoms. The fourth-order valence-corrected chi connectivity index (χ4v) is 20.2. The lowest BCUT2D eigenvalue weighted by Crippen LogP contribution is -3.15. The van der Waals surface area contributed by atoms with Gasteiger partial charge in [-0.3, -0.25) is 0 Å². The zero-order valence-electron chi connectivity index (χ0n) is 82.7. The van der Waals surface area contributed by atoms with Crippen molar-refractivity contribution in [2.45, 2.75) is 57.8 Å². The van der Waals surface area contributed by atoms with Gasteiger partial charge in [0, 0.05) is 41.7 Å². The number of piperidine rings is 3. The van der Waals surface area contributed by atoms with Gasteiger partial charge in [0.1, 0.15) is 158 Å². The summed E-state index contributed by atoms with van der Waals surface area (Å²) < 4.78 is 66.4. The summed E-state index contributed by atoms with van der Waals surface area (Å²) in [5, 5.41) is 21.0. The van der Waals surface area contributed by atoms with Gasteiger partial charge in [0.2, 0.25) is 0 Å². The Labute approximate surface area is 963 Å². The molecule has 11 N–H and O–H groups in total. The van der Waals surface area contributed by atoms with E-state index < -0.39 is 0 Å². The summed E-state index contributed by atoms with van der Waals surface area (Å²) in [5.74, 6) is -1.87. The van der Waals surface area contributed by atoms with Gasteiger partial charge < -0.3 is 107 Å². The van der Waals surface area contributed by atoms with Crippen LogP contribution in [0.2, 0.25) is 0 Å². The Morgan fingerprint density at radius 1 is 0.255 bits per heavy atom. The van der Waals surface area contributed by atoms with Crippen molar-refractivity contribution in [3.05, 3.63) is 267 Å². The molecule has 30 nitrogen and oxygen atoms in total. The molecule has 7 aliphatic rings. The largest absolute Gasteiger partial charge is 0.456 e. The van der Waals surface area contributed by atoms with Crippen LogP contribution >= 0.6 is 181 Å². The number of hydrogen-bond acceptors (Lipinski definition) is 22. The van der Waals surface area contributed by atoms with Gasteiger partial charge in [-0.25, -0.2) is 38.4 Å². The second-order valence-electron chi connectivity index (χ2n) is 35.3. The van der Waals surface area contributed by atoms with Gasteiger partial charge in [0.15, 0.2) is 0 Å². The molecule has 7 fully saturated rings. The van der Waals surface area contributed by atoms with Gasteiger partial charge in [0.25, 0.3) is 0 Å². The number of rotatable bonds is 36. The maximum atomic E-state index is 11.9. The van der Waals surface area contributed by atoms with Gasteiger partial charge in [-0.15, -0.1) is 0 Å². The normalized spacial score (nSPS) is 15.7. The van der Waals surface area contributed by atoms with Crippen molar-refractivity contribution in [3.63, 3.8) is 0 Å². The molecule has 7 saturated heterocycles. The molecule has 8 aromatic carbocycles. The van der Waals surface area contributed by atoms with E-state index in [4.69, 9.17) is 62.3 Å². The van der Waals surface area contributed by atoms with Crippen LogP contribution in [-0.2, 0) is 52.1 Å². The van der Waals surface area contributed by atoms with E-state index in [0.29, 0.717) is 110 Å². The Morgan fingerprint density at radius 3 is 0.759 bits per heavy atom. The number of carbonyl (C=O) groups excluding carboxylic acids is 8. The van der Waals surface area contributed by atoms with Gasteiger partial charge in [-0.05, 0) is 384 Å². The van der Waals surface area contributed by atoms with E-state index in [0.717, 1.165) is 184 Å². The summed E-state index contributed by atoms with van der Waals surface area (Å²) in [6.07, 6.45) is 11.9. The van der Waals surface area contributed by atoms with E-state index in [9.17, 15) is 38.4 Å². The molecule has 145 heavy (non-hydrogen) atoms. The van der Waals surface area contributed by atoms with Gasteiger partial charge in [-0.1, -0.05) is 48.5 Å². The van der Waals surface area contributed by atoms with Crippen molar-refractivity contribution in [2.24, 2.45) is 0 Å². The Hall–Kier alpha value is -5.20. The van der Waals surface area contributed by atoms with Crippen molar-refractivity contribution in [3.8, 4) is 0 Å². The number of carbonyl (C=O) groups is 8. The fourth-order valence-electron chi connectivity index (χ4n) is 16.2. The lowest BCUT2D eigenvalue weighted by atomic mass is 10.1. The highest BCUT2D eigenvalue weighted by Crippen LogP contribution is 2.18. The minimum atomic E-state index is -0.344. The predicted molar refractivity (Wildman–Crippen MR) is 621 cm³/mol. The number of aliphatic hydroxyl groups excluding tert-OH is 2. The quantitative estimate of drug-likeness (QED) is 0.0141. The number of quaternary nitrogens is 8. The standard InChI is InChI=1S/3C14H18INO2.C13H17IN2O2.C13H18INO4.3C13H16INO3/c15-13-7-3-2-6-12(13)14(17)18-11-10-16-8-4-1-5-9-16;15-13-6-4-12(5-7-13)14(17)18-11-10-16-8-2-1-3-9-16;15-13-6-4-5-12(11-13)14(17)18-10-9-16-7-2-1-3-8-16;14-12-4-2-1-3-11(12)13(17)18-10-9-16-7-5-15-6-8-16;14-12-3-1-11(2-4-12)13(18)19-10-7-15(5-8-16)6-9-17;14-12-3-1-11(2-4-12)13(16)18-10-7-15-5-8-17-9-6-15;14-12-3-1-2-11(10-12)13(16)18-9-6-15-4-7-17-8-5-15;14-12-4-2-1-3-11(12)13(16)18-10-7-15-5-8-17-9-6-15/h2-3,6-7H,1,4-5,8-11H2;4-7H,1-3,8-11H2;4-6,11H,1-3,7-10H2;1-4,15H,5-10H2;1-4,16-17H,5-10H2;1-4H,5-10H2;1-3,10H,4-9H2;1-4H,5-10H2/p+8. The molecule has 792 valence electrons. The molecule has 7 heterocycles. The zero-order valence-corrected chi connectivity index (χ0v) is 100.0. The number of halogens is 8. The second-order valence-corrected chi connectivity index (χ2v) is 45.0. The van der Waals surface area contributed by atoms with Crippen molar-refractivity contribution in [1.29, 1.82) is 0 Å². The third-order valence-electron chi connectivity index (χ3n) is 24.7. The number of aliphatic hydroxyl groups is 2. The average molecular weight is 2910 g/mol. The highest BCUT2D eigenvalue weighted by atomic mass is 127. The van der Waals surface area contributed by atoms with Crippen LogP contribution < -0.4 is 44.5 Å². The van der Waals surface area contributed by atoms with Gasteiger partial charge in [0.05, 0.1) is 150 Å². The third kappa shape index (κ3) is 53.8. The predicted octanol–water partition coefficient (Wildman–Crippen LogP) is 4.89. The third-order valence-corrected chi connectivity index (χ3v) is 31.0. The van der Waals surface area contributed by atoms with Crippen molar-refractivity contribution >= 4 is 228 Å². The molecule has 0 atom stereocenters. The summed E-state index contributed by atoms with van der Waals surface area (Å²) in [4.78, 5) is 106. The van der Waals surface area contributed by atoms with E-state index in [1.807, 2.05) is 152 Å². The first kappa shape index (κ1) is 125. The van der Waals surface area contributed by atoms with E-state index >= 15 is 0 Å². The van der Waals surface area contributed by atoms with Crippen molar-refractivity contribution in [1.82, 2.24) is 5.32 Å².